The van der Waals surface area contributed by atoms with E-state index in [1.54, 1.807) is 18.2 Å². The van der Waals surface area contributed by atoms with Gasteiger partial charge in [0.15, 0.2) is 11.6 Å². The molecule has 0 saturated heterocycles. The lowest BCUT2D eigenvalue weighted by atomic mass is 9.65. The summed E-state index contributed by atoms with van der Waals surface area (Å²) >= 11 is 0. The van der Waals surface area contributed by atoms with E-state index in [1.165, 1.54) is 54.6 Å². The predicted octanol–water partition coefficient (Wildman–Crippen LogP) is 7.75. The van der Waals surface area contributed by atoms with Gasteiger partial charge in [-0.1, -0.05) is 35.4 Å². The molecular weight excluding hydrogens is 624 g/mol. The van der Waals surface area contributed by atoms with Crippen LogP contribution in [0.4, 0.5) is 0 Å². The van der Waals surface area contributed by atoms with E-state index in [-0.39, 0.29) is 68.7 Å². The van der Waals surface area contributed by atoms with Gasteiger partial charge in [-0.25, -0.2) is 0 Å². The van der Waals surface area contributed by atoms with Crippen molar-refractivity contribution in [3.05, 3.63) is 129 Å². The van der Waals surface area contributed by atoms with E-state index in [2.05, 4.69) is 0 Å². The van der Waals surface area contributed by atoms with E-state index in [0.717, 1.165) is 23.3 Å². The topological polar surface area (TPSA) is 176 Å². The van der Waals surface area contributed by atoms with Crippen molar-refractivity contribution in [2.24, 2.45) is 5.92 Å². The number of allylic oxidation sites excluding steroid dienone is 5. The summed E-state index contributed by atoms with van der Waals surface area (Å²) < 4.78 is 0. The molecule has 3 atom stereocenters. The second-order valence-corrected chi connectivity index (χ2v) is 12.6. The van der Waals surface area contributed by atoms with Crippen LogP contribution in [0.3, 0.4) is 0 Å². The predicted molar refractivity (Wildman–Crippen MR) is 186 cm³/mol. The summed E-state index contributed by atoms with van der Waals surface area (Å²) in [7, 11) is 0. The molecule has 9 nitrogen and oxygen atoms in total. The van der Waals surface area contributed by atoms with Crippen LogP contribution >= 0.6 is 0 Å². The summed E-state index contributed by atoms with van der Waals surface area (Å²) in [5, 5.41) is 74.5. The number of ketones is 2. The minimum absolute atomic E-state index is 0.0292. The molecule has 0 amide bonds. The SMILES string of the molecule is CC(C)=CCc1c(O)ccc(C(=O)C2C(c3c(O)ccc(C(=O)C=Cc4ccc(O)cc4O)c3O)C=C(C)CC2c2ccc(O)cc2)c1O. The van der Waals surface area contributed by atoms with Crippen molar-refractivity contribution in [2.45, 2.75) is 45.4 Å². The average Bonchev–Trinajstić information content (AvgIpc) is 3.04. The zero-order valence-electron chi connectivity index (χ0n) is 27.3. The molecule has 0 aliphatic heterocycles. The molecule has 0 heterocycles. The van der Waals surface area contributed by atoms with Crippen LogP contribution < -0.4 is 0 Å². The highest BCUT2D eigenvalue weighted by Crippen LogP contribution is 2.52. The molecule has 0 spiro atoms. The van der Waals surface area contributed by atoms with Crippen LogP contribution in [0.5, 0.6) is 40.2 Å². The molecule has 0 saturated carbocycles. The standard InChI is InChI=1S/C40H38O9/c1-21(2)4-12-27-33(44)16-14-29(38(27)47)40(49)36-30(23-5-9-25(41)10-6-23)18-22(3)19-31(36)37-34(45)17-13-28(39(37)48)32(43)15-8-24-7-11-26(42)20-35(24)46/h4-11,13-17,19-20,30-31,36,41-42,44-48H,12,18H2,1-3H3. The fraction of sp³-hybridized carbons (Fsp3) is 0.200. The third-order valence-electron chi connectivity index (χ3n) is 8.91. The Labute approximate surface area is 283 Å². The Kier molecular flexibility index (Phi) is 9.84. The van der Waals surface area contributed by atoms with Gasteiger partial charge in [-0.2, -0.15) is 0 Å². The Bertz CT molecular complexity index is 2010. The lowest BCUT2D eigenvalue weighted by Gasteiger charge is -2.37. The van der Waals surface area contributed by atoms with Gasteiger partial charge in [0.2, 0.25) is 0 Å². The number of aromatic hydroxyl groups is 7. The van der Waals surface area contributed by atoms with Crippen LogP contribution in [-0.2, 0) is 6.42 Å². The lowest BCUT2D eigenvalue weighted by Crippen LogP contribution is -2.31. The monoisotopic (exact) mass is 662 g/mol. The largest absolute Gasteiger partial charge is 0.508 e. The van der Waals surface area contributed by atoms with Crippen molar-refractivity contribution in [1.29, 1.82) is 0 Å². The number of rotatable bonds is 9. The van der Waals surface area contributed by atoms with Gasteiger partial charge < -0.3 is 35.7 Å². The Morgan fingerprint density at radius 1 is 0.755 bits per heavy atom. The number of phenols is 7. The first kappa shape index (κ1) is 34.4. The number of phenolic OH excluding ortho intramolecular Hbond substituents is 7. The van der Waals surface area contributed by atoms with Crippen LogP contribution in [-0.4, -0.2) is 47.3 Å². The summed E-state index contributed by atoms with van der Waals surface area (Å²) in [5.74, 6) is -5.55. The molecule has 0 bridgehead atoms. The Morgan fingerprint density at radius 2 is 1.41 bits per heavy atom. The van der Waals surface area contributed by atoms with Crippen molar-refractivity contribution in [3.8, 4) is 40.2 Å². The highest BCUT2D eigenvalue weighted by molar-refractivity contribution is 6.09. The number of carbonyl (C=O) groups excluding carboxylic acids is 2. The second-order valence-electron chi connectivity index (χ2n) is 12.6. The number of Topliss-reactive ketones (excluding diaryl/α,β-unsaturated/α-hetero) is 1. The van der Waals surface area contributed by atoms with Gasteiger partial charge >= 0.3 is 0 Å². The van der Waals surface area contributed by atoms with E-state index in [1.807, 2.05) is 26.8 Å². The summed E-state index contributed by atoms with van der Waals surface area (Å²) in [6, 6.07) is 15.5. The quantitative estimate of drug-likeness (QED) is 0.0537. The second kappa shape index (κ2) is 14.0. The lowest BCUT2D eigenvalue weighted by molar-refractivity contribution is 0.0877. The van der Waals surface area contributed by atoms with Crippen LogP contribution in [0, 0.1) is 5.92 Å². The van der Waals surface area contributed by atoms with Gasteiger partial charge in [-0.3, -0.25) is 9.59 Å². The fourth-order valence-electron chi connectivity index (χ4n) is 6.42. The first-order valence-corrected chi connectivity index (χ1v) is 15.7. The minimum atomic E-state index is -1.02. The van der Waals surface area contributed by atoms with Crippen molar-refractivity contribution in [3.63, 3.8) is 0 Å². The zero-order chi connectivity index (χ0) is 35.6. The molecule has 7 N–H and O–H groups in total. The summed E-state index contributed by atoms with van der Waals surface area (Å²) in [4.78, 5) is 28.1. The van der Waals surface area contributed by atoms with Crippen LogP contribution in [0.15, 0.2) is 96.1 Å². The smallest absolute Gasteiger partial charge is 0.189 e. The average molecular weight is 663 g/mol. The van der Waals surface area contributed by atoms with E-state index in [9.17, 15) is 45.3 Å². The maximum atomic E-state index is 14.7. The highest BCUT2D eigenvalue weighted by atomic mass is 16.3. The number of hydrogen-bond acceptors (Lipinski definition) is 9. The van der Waals surface area contributed by atoms with E-state index in [0.29, 0.717) is 12.0 Å². The first-order chi connectivity index (χ1) is 23.3. The number of hydrogen-bond donors (Lipinski definition) is 7. The summed E-state index contributed by atoms with van der Waals surface area (Å²) in [6.45, 7) is 5.60. The van der Waals surface area contributed by atoms with Crippen molar-refractivity contribution in [1.82, 2.24) is 0 Å². The van der Waals surface area contributed by atoms with Crippen molar-refractivity contribution >= 4 is 17.6 Å². The van der Waals surface area contributed by atoms with Gasteiger partial charge in [0.05, 0.1) is 11.1 Å². The highest BCUT2D eigenvalue weighted by Gasteiger charge is 2.43. The summed E-state index contributed by atoms with van der Waals surface area (Å²) in [6.07, 6.45) is 6.61. The molecule has 252 valence electrons. The van der Waals surface area contributed by atoms with Gasteiger partial charge in [-0.15, -0.1) is 0 Å². The Hall–Kier alpha value is -5.96. The molecule has 4 aromatic carbocycles. The molecule has 0 radical (unpaired) electrons. The van der Waals surface area contributed by atoms with Crippen LogP contribution in [0.25, 0.3) is 6.08 Å². The Morgan fingerprint density at radius 3 is 2.08 bits per heavy atom. The normalized spacial score (nSPS) is 17.4. The number of benzene rings is 4. The molecule has 1 aliphatic carbocycles. The molecule has 49 heavy (non-hydrogen) atoms. The fourth-order valence-corrected chi connectivity index (χ4v) is 6.42. The number of carbonyl (C=O) groups is 2. The minimum Gasteiger partial charge on any atom is -0.508 e. The van der Waals surface area contributed by atoms with E-state index >= 15 is 0 Å². The Balaban J connectivity index is 1.65. The van der Waals surface area contributed by atoms with Gasteiger partial charge in [0.1, 0.15) is 40.2 Å². The molecule has 5 rings (SSSR count). The van der Waals surface area contributed by atoms with Gasteiger partial charge in [0.25, 0.3) is 0 Å². The van der Waals surface area contributed by atoms with E-state index < -0.39 is 35.1 Å². The summed E-state index contributed by atoms with van der Waals surface area (Å²) in [5.41, 5.74) is 2.63. The molecule has 4 aromatic rings. The molecular formula is C40H38O9. The third kappa shape index (κ3) is 7.16. The maximum Gasteiger partial charge on any atom is 0.189 e. The molecule has 1 aliphatic rings. The zero-order valence-corrected chi connectivity index (χ0v) is 27.3. The van der Waals surface area contributed by atoms with Crippen LogP contribution in [0.1, 0.15) is 82.0 Å². The van der Waals surface area contributed by atoms with Gasteiger partial charge in [0, 0.05) is 34.6 Å². The van der Waals surface area contributed by atoms with Gasteiger partial charge in [-0.05, 0) is 106 Å². The molecule has 0 fully saturated rings. The first-order valence-electron chi connectivity index (χ1n) is 15.7. The third-order valence-corrected chi connectivity index (χ3v) is 8.91. The van der Waals surface area contributed by atoms with Crippen LogP contribution in [0.2, 0.25) is 0 Å². The maximum absolute atomic E-state index is 14.7. The van der Waals surface area contributed by atoms with Crippen molar-refractivity contribution < 1.29 is 45.3 Å². The van der Waals surface area contributed by atoms with Crippen molar-refractivity contribution in [2.75, 3.05) is 0 Å². The molecule has 3 unspecified atom stereocenters. The molecule has 9 heteroatoms. The molecule has 0 aromatic heterocycles. The van der Waals surface area contributed by atoms with E-state index in [4.69, 9.17) is 0 Å².